The molecule has 3 aromatic rings. The van der Waals surface area contributed by atoms with Crippen molar-refractivity contribution in [2.24, 2.45) is 5.41 Å². The highest BCUT2D eigenvalue weighted by atomic mass is 16.1. The minimum atomic E-state index is -0.0932. The van der Waals surface area contributed by atoms with Crippen molar-refractivity contribution in [2.45, 2.75) is 20.3 Å². The summed E-state index contributed by atoms with van der Waals surface area (Å²) in [6.07, 6.45) is 2.72. The van der Waals surface area contributed by atoms with Crippen molar-refractivity contribution in [3.05, 3.63) is 41.9 Å². The van der Waals surface area contributed by atoms with Crippen LogP contribution in [0.25, 0.3) is 22.3 Å². The van der Waals surface area contributed by atoms with E-state index in [0.29, 0.717) is 12.2 Å². The Labute approximate surface area is 128 Å². The van der Waals surface area contributed by atoms with Crippen molar-refractivity contribution in [3.63, 3.8) is 0 Å². The van der Waals surface area contributed by atoms with Crippen molar-refractivity contribution < 1.29 is 4.79 Å². The number of nitrogens with zero attached hydrogens (tertiary/aromatic N) is 1. The van der Waals surface area contributed by atoms with Crippen LogP contribution in [0, 0.1) is 5.41 Å². The van der Waals surface area contributed by atoms with Crippen molar-refractivity contribution in [1.29, 1.82) is 0 Å². The van der Waals surface area contributed by atoms with E-state index in [-0.39, 0.29) is 11.3 Å². The van der Waals surface area contributed by atoms with Gasteiger partial charge in [-0.1, -0.05) is 26.0 Å². The molecule has 5 nitrogen and oxygen atoms in total. The average Bonchev–Trinajstić information content (AvgIpc) is 3.08. The Morgan fingerprint density at radius 2 is 2.09 bits per heavy atom. The van der Waals surface area contributed by atoms with E-state index in [4.69, 9.17) is 0 Å². The first-order valence-electron chi connectivity index (χ1n) is 7.47. The lowest BCUT2D eigenvalue weighted by Crippen LogP contribution is -2.32. The highest BCUT2D eigenvalue weighted by Crippen LogP contribution is 2.30. The summed E-state index contributed by atoms with van der Waals surface area (Å²) < 4.78 is 0. The number of aromatic nitrogens is 3. The number of imidazole rings is 1. The Morgan fingerprint density at radius 1 is 1.23 bits per heavy atom. The van der Waals surface area contributed by atoms with E-state index in [9.17, 15) is 4.79 Å². The van der Waals surface area contributed by atoms with Gasteiger partial charge in [0.25, 0.3) is 5.91 Å². The van der Waals surface area contributed by atoms with Gasteiger partial charge in [-0.2, -0.15) is 0 Å². The average molecular weight is 294 g/mol. The normalized spacial score (nSPS) is 17.1. The molecule has 3 heterocycles. The Hall–Kier alpha value is -2.56. The van der Waals surface area contributed by atoms with Crippen LogP contribution in [0.5, 0.6) is 0 Å². The van der Waals surface area contributed by atoms with Gasteiger partial charge in [0, 0.05) is 34.9 Å². The Bertz CT molecular complexity index is 872. The third-order valence-electron chi connectivity index (χ3n) is 4.23. The molecule has 1 amide bonds. The SMILES string of the molecule is CC1(C)CNC(=O)c2nc(-c3cccc4[nH]ccc34)[nH]c2C1. The van der Waals surface area contributed by atoms with E-state index in [1.165, 1.54) is 0 Å². The number of hydrogen-bond donors (Lipinski definition) is 3. The fraction of sp³-hybridized carbons (Fsp3) is 0.294. The van der Waals surface area contributed by atoms with Gasteiger partial charge in [-0.25, -0.2) is 4.98 Å². The van der Waals surface area contributed by atoms with Gasteiger partial charge in [-0.15, -0.1) is 0 Å². The topological polar surface area (TPSA) is 73.6 Å². The fourth-order valence-electron chi connectivity index (χ4n) is 3.09. The molecule has 0 bridgehead atoms. The summed E-state index contributed by atoms with van der Waals surface area (Å²) in [5, 5.41) is 4.06. The standard InChI is InChI=1S/C17H18N4O/c1-17(2)8-13-14(16(22)19-9-17)21-15(20-13)11-4-3-5-12-10(11)6-7-18-12/h3-7,18H,8-9H2,1-2H3,(H,19,22)(H,20,21). The number of hydrogen-bond acceptors (Lipinski definition) is 2. The molecule has 1 aliphatic heterocycles. The monoisotopic (exact) mass is 294 g/mol. The lowest BCUT2D eigenvalue weighted by molar-refractivity contribution is 0.0940. The molecule has 22 heavy (non-hydrogen) atoms. The number of aromatic amines is 2. The Kier molecular flexibility index (Phi) is 2.66. The second kappa shape index (κ2) is 4.47. The van der Waals surface area contributed by atoms with Crippen LogP contribution in [-0.4, -0.2) is 27.4 Å². The predicted molar refractivity (Wildman–Crippen MR) is 85.7 cm³/mol. The predicted octanol–water partition coefficient (Wildman–Crippen LogP) is 2.87. The molecule has 0 fully saturated rings. The molecule has 0 saturated heterocycles. The van der Waals surface area contributed by atoms with E-state index in [1.54, 1.807) is 0 Å². The van der Waals surface area contributed by atoms with E-state index in [0.717, 1.165) is 34.4 Å². The van der Waals surface area contributed by atoms with E-state index < -0.39 is 0 Å². The molecule has 1 aromatic carbocycles. The van der Waals surface area contributed by atoms with Gasteiger partial charge in [0.05, 0.1) is 0 Å². The molecule has 0 spiro atoms. The van der Waals surface area contributed by atoms with Crippen LogP contribution in [0.1, 0.15) is 30.0 Å². The molecule has 112 valence electrons. The van der Waals surface area contributed by atoms with E-state index >= 15 is 0 Å². The Morgan fingerprint density at radius 3 is 2.95 bits per heavy atom. The number of carbonyl (C=O) groups is 1. The Balaban J connectivity index is 1.87. The van der Waals surface area contributed by atoms with Crippen LogP contribution in [0.15, 0.2) is 30.5 Å². The number of amides is 1. The summed E-state index contributed by atoms with van der Waals surface area (Å²) in [7, 11) is 0. The van der Waals surface area contributed by atoms with Crippen LogP contribution in [0.3, 0.4) is 0 Å². The number of H-pyrrole nitrogens is 2. The van der Waals surface area contributed by atoms with Crippen LogP contribution in [0.2, 0.25) is 0 Å². The fourth-order valence-corrected chi connectivity index (χ4v) is 3.09. The zero-order valence-corrected chi connectivity index (χ0v) is 12.7. The highest BCUT2D eigenvalue weighted by Gasteiger charge is 2.30. The van der Waals surface area contributed by atoms with Crippen LogP contribution < -0.4 is 5.32 Å². The molecule has 4 rings (SSSR count). The first-order valence-corrected chi connectivity index (χ1v) is 7.47. The molecular weight excluding hydrogens is 276 g/mol. The summed E-state index contributed by atoms with van der Waals surface area (Å²) in [5.74, 6) is 0.660. The highest BCUT2D eigenvalue weighted by molar-refractivity contribution is 5.97. The quantitative estimate of drug-likeness (QED) is 0.645. The second-order valence-electron chi connectivity index (χ2n) is 6.68. The zero-order valence-electron chi connectivity index (χ0n) is 12.7. The number of carbonyl (C=O) groups excluding carboxylic acids is 1. The molecule has 1 aliphatic rings. The number of fused-ring (bicyclic) bond motifs is 2. The van der Waals surface area contributed by atoms with Crippen molar-refractivity contribution >= 4 is 16.8 Å². The van der Waals surface area contributed by atoms with Gasteiger partial charge < -0.3 is 15.3 Å². The number of benzene rings is 1. The molecular formula is C17H18N4O. The molecule has 5 heteroatoms. The molecule has 0 aliphatic carbocycles. The molecule has 2 aromatic heterocycles. The van der Waals surface area contributed by atoms with Crippen LogP contribution in [-0.2, 0) is 6.42 Å². The molecule has 0 unspecified atom stereocenters. The van der Waals surface area contributed by atoms with Gasteiger partial charge in [0.1, 0.15) is 11.5 Å². The third kappa shape index (κ3) is 2.01. The van der Waals surface area contributed by atoms with Crippen molar-refractivity contribution in [2.75, 3.05) is 6.54 Å². The van der Waals surface area contributed by atoms with Gasteiger partial charge >= 0.3 is 0 Å². The first kappa shape index (κ1) is 13.1. The lowest BCUT2D eigenvalue weighted by atomic mass is 9.88. The molecule has 0 saturated carbocycles. The lowest BCUT2D eigenvalue weighted by Gasteiger charge is -2.21. The summed E-state index contributed by atoms with van der Waals surface area (Å²) in [6.45, 7) is 4.96. The van der Waals surface area contributed by atoms with Crippen molar-refractivity contribution in [3.8, 4) is 11.4 Å². The summed E-state index contributed by atoms with van der Waals surface area (Å²) in [6, 6.07) is 8.08. The van der Waals surface area contributed by atoms with Crippen LogP contribution >= 0.6 is 0 Å². The second-order valence-corrected chi connectivity index (χ2v) is 6.68. The summed E-state index contributed by atoms with van der Waals surface area (Å²) in [4.78, 5) is 23.4. The molecule has 0 atom stereocenters. The first-order chi connectivity index (χ1) is 10.5. The maximum absolute atomic E-state index is 12.3. The maximum atomic E-state index is 12.3. The number of rotatable bonds is 1. The number of nitrogens with one attached hydrogen (secondary N) is 3. The minimum Gasteiger partial charge on any atom is -0.361 e. The van der Waals surface area contributed by atoms with Gasteiger partial charge in [-0.05, 0) is 24.0 Å². The smallest absolute Gasteiger partial charge is 0.271 e. The molecule has 3 N–H and O–H groups in total. The van der Waals surface area contributed by atoms with Crippen molar-refractivity contribution in [1.82, 2.24) is 20.3 Å². The zero-order chi connectivity index (χ0) is 15.3. The maximum Gasteiger partial charge on any atom is 0.271 e. The largest absolute Gasteiger partial charge is 0.361 e. The summed E-state index contributed by atoms with van der Waals surface area (Å²) in [5.41, 5.74) is 3.53. The van der Waals surface area contributed by atoms with Gasteiger partial charge in [0.2, 0.25) is 0 Å². The van der Waals surface area contributed by atoms with Crippen LogP contribution in [0.4, 0.5) is 0 Å². The van der Waals surface area contributed by atoms with E-state index in [1.807, 2.05) is 30.5 Å². The van der Waals surface area contributed by atoms with Gasteiger partial charge in [-0.3, -0.25) is 4.79 Å². The molecule has 0 radical (unpaired) electrons. The summed E-state index contributed by atoms with van der Waals surface area (Å²) >= 11 is 0. The minimum absolute atomic E-state index is 0.0187. The third-order valence-corrected chi connectivity index (χ3v) is 4.23. The van der Waals surface area contributed by atoms with Gasteiger partial charge in [0.15, 0.2) is 0 Å². The van der Waals surface area contributed by atoms with E-state index in [2.05, 4.69) is 34.1 Å².